The molecule has 0 amide bonds. The van der Waals surface area contributed by atoms with Gasteiger partial charge in [0.2, 0.25) is 0 Å². The number of anilines is 3. The fourth-order valence-corrected chi connectivity index (χ4v) is 8.43. The van der Waals surface area contributed by atoms with Crippen LogP contribution in [0.2, 0.25) is 0 Å². The van der Waals surface area contributed by atoms with E-state index in [1.807, 2.05) is 0 Å². The van der Waals surface area contributed by atoms with Crippen LogP contribution < -0.4 is 4.90 Å². The topological polar surface area (TPSA) is 16.4 Å². The van der Waals surface area contributed by atoms with Crippen molar-refractivity contribution in [2.24, 2.45) is 0 Å². The zero-order chi connectivity index (χ0) is 35.5. The van der Waals surface area contributed by atoms with Gasteiger partial charge in [-0.3, -0.25) is 0 Å². The van der Waals surface area contributed by atoms with Gasteiger partial charge in [-0.25, -0.2) is 0 Å². The summed E-state index contributed by atoms with van der Waals surface area (Å²) in [5.41, 5.74) is 17.4. The average molecular weight is 680 g/mol. The van der Waals surface area contributed by atoms with E-state index in [0.717, 1.165) is 33.6 Å². The molecule has 10 rings (SSSR count). The van der Waals surface area contributed by atoms with Crippen molar-refractivity contribution in [3.8, 4) is 44.5 Å². The number of para-hydroxylation sites is 2. The van der Waals surface area contributed by atoms with Gasteiger partial charge in [0, 0.05) is 38.8 Å². The molecule has 53 heavy (non-hydrogen) atoms. The highest BCUT2D eigenvalue weighted by Crippen LogP contribution is 2.56. The van der Waals surface area contributed by atoms with Crippen LogP contribution >= 0.6 is 0 Å². The maximum Gasteiger partial charge on any atom is 0.136 e. The molecule has 1 heterocycles. The lowest BCUT2D eigenvalue weighted by Gasteiger charge is -2.27. The summed E-state index contributed by atoms with van der Waals surface area (Å²) in [7, 11) is 0. The van der Waals surface area contributed by atoms with Crippen LogP contribution in [0.3, 0.4) is 0 Å². The molecule has 0 radical (unpaired) electrons. The third kappa shape index (κ3) is 5.10. The summed E-state index contributed by atoms with van der Waals surface area (Å²) in [6.07, 6.45) is 0. The Kier molecular flexibility index (Phi) is 7.19. The van der Waals surface area contributed by atoms with Crippen molar-refractivity contribution in [3.63, 3.8) is 0 Å². The minimum Gasteiger partial charge on any atom is -0.456 e. The first kappa shape index (κ1) is 31.1. The molecule has 0 saturated carbocycles. The quantitative estimate of drug-likeness (QED) is 0.174. The number of hydrogen-bond donors (Lipinski definition) is 0. The molecule has 0 N–H and O–H groups in total. The van der Waals surface area contributed by atoms with Gasteiger partial charge in [-0.15, -0.1) is 0 Å². The molecule has 8 aromatic carbocycles. The minimum atomic E-state index is -0.213. The third-order valence-corrected chi connectivity index (χ3v) is 11.1. The standard InChI is InChI=1S/C51H37NO/c1-51(2)44-31-30-41(32-43(44)49-45(51)33-47-50(42-20-12-13-21-46(42)53-47)48(49)38-16-8-4-9-17-38)52(39-18-10-5-11-19-39)40-28-26-37(27-29-40)36-24-22-35(23-25-36)34-14-6-3-7-15-34/h3-33H,1-2H3. The highest BCUT2D eigenvalue weighted by molar-refractivity contribution is 6.17. The maximum absolute atomic E-state index is 6.57. The van der Waals surface area contributed by atoms with E-state index in [4.69, 9.17) is 4.42 Å². The van der Waals surface area contributed by atoms with E-state index in [1.54, 1.807) is 0 Å². The lowest BCUT2D eigenvalue weighted by atomic mass is 9.81. The van der Waals surface area contributed by atoms with Crippen molar-refractivity contribution in [1.29, 1.82) is 0 Å². The molecule has 0 bridgehead atoms. The summed E-state index contributed by atoms with van der Waals surface area (Å²) in [6.45, 7) is 4.70. The molecule has 2 nitrogen and oxygen atoms in total. The summed E-state index contributed by atoms with van der Waals surface area (Å²) in [5.74, 6) is 0. The molecule has 1 aliphatic carbocycles. The van der Waals surface area contributed by atoms with Crippen LogP contribution in [0.4, 0.5) is 17.1 Å². The van der Waals surface area contributed by atoms with Gasteiger partial charge in [0.1, 0.15) is 11.2 Å². The molecule has 0 atom stereocenters. The number of fused-ring (bicyclic) bond motifs is 6. The molecule has 1 aliphatic rings. The molecular formula is C51H37NO. The van der Waals surface area contributed by atoms with Crippen molar-refractivity contribution in [3.05, 3.63) is 199 Å². The van der Waals surface area contributed by atoms with Crippen molar-refractivity contribution in [2.45, 2.75) is 19.3 Å². The Morgan fingerprint density at radius 2 is 0.906 bits per heavy atom. The summed E-state index contributed by atoms with van der Waals surface area (Å²) in [6, 6.07) is 67.7. The Morgan fingerprint density at radius 1 is 0.396 bits per heavy atom. The van der Waals surface area contributed by atoms with Crippen LogP contribution in [0, 0.1) is 0 Å². The maximum atomic E-state index is 6.57. The predicted octanol–water partition coefficient (Wildman–Crippen LogP) is 14.4. The second-order valence-electron chi connectivity index (χ2n) is 14.5. The van der Waals surface area contributed by atoms with Gasteiger partial charge >= 0.3 is 0 Å². The summed E-state index contributed by atoms with van der Waals surface area (Å²) >= 11 is 0. The van der Waals surface area contributed by atoms with Crippen molar-refractivity contribution >= 4 is 39.0 Å². The number of hydrogen-bond acceptors (Lipinski definition) is 2. The summed E-state index contributed by atoms with van der Waals surface area (Å²) < 4.78 is 6.57. The van der Waals surface area contributed by atoms with Crippen LogP contribution in [0.5, 0.6) is 0 Å². The Morgan fingerprint density at radius 3 is 1.57 bits per heavy atom. The van der Waals surface area contributed by atoms with Crippen molar-refractivity contribution in [2.75, 3.05) is 4.90 Å². The van der Waals surface area contributed by atoms with Crippen LogP contribution in [-0.2, 0) is 5.41 Å². The molecule has 1 aromatic heterocycles. The van der Waals surface area contributed by atoms with Gasteiger partial charge in [0.05, 0.1) is 0 Å². The monoisotopic (exact) mass is 679 g/mol. The number of rotatable bonds is 6. The second kappa shape index (κ2) is 12.3. The largest absolute Gasteiger partial charge is 0.456 e. The summed E-state index contributed by atoms with van der Waals surface area (Å²) in [5, 5.41) is 2.32. The van der Waals surface area contributed by atoms with Gasteiger partial charge < -0.3 is 9.32 Å². The molecule has 2 heteroatoms. The first-order chi connectivity index (χ1) is 26.0. The average Bonchev–Trinajstić information content (AvgIpc) is 3.70. The smallest absolute Gasteiger partial charge is 0.136 e. The zero-order valence-electron chi connectivity index (χ0n) is 29.8. The molecular weight excluding hydrogens is 643 g/mol. The zero-order valence-corrected chi connectivity index (χ0v) is 29.8. The highest BCUT2D eigenvalue weighted by Gasteiger charge is 2.39. The molecule has 0 fully saturated rings. The highest BCUT2D eigenvalue weighted by atomic mass is 16.3. The first-order valence-electron chi connectivity index (χ1n) is 18.3. The molecule has 9 aromatic rings. The van der Waals surface area contributed by atoms with Crippen LogP contribution in [0.1, 0.15) is 25.0 Å². The van der Waals surface area contributed by atoms with E-state index in [-0.39, 0.29) is 5.41 Å². The Bertz CT molecular complexity index is 2760. The lowest BCUT2D eigenvalue weighted by molar-refractivity contribution is 0.647. The number of furan rings is 1. The van der Waals surface area contributed by atoms with E-state index in [1.165, 1.54) is 61.0 Å². The Labute approximate surface area is 310 Å². The fraction of sp³-hybridized carbons (Fsp3) is 0.0588. The van der Waals surface area contributed by atoms with Crippen molar-refractivity contribution < 1.29 is 4.42 Å². The van der Waals surface area contributed by atoms with E-state index in [0.29, 0.717) is 0 Å². The SMILES string of the molecule is CC1(C)c2ccc(N(c3ccccc3)c3ccc(-c4ccc(-c5ccccc5)cc4)cc3)cc2-c2c1cc1oc3ccccc3c1c2-c1ccccc1. The van der Waals surface area contributed by atoms with Gasteiger partial charge in [-0.1, -0.05) is 153 Å². The first-order valence-corrected chi connectivity index (χ1v) is 18.3. The lowest BCUT2D eigenvalue weighted by Crippen LogP contribution is -2.15. The molecule has 0 aliphatic heterocycles. The second-order valence-corrected chi connectivity index (χ2v) is 14.5. The molecule has 0 saturated heterocycles. The fourth-order valence-electron chi connectivity index (χ4n) is 8.43. The van der Waals surface area contributed by atoms with E-state index >= 15 is 0 Å². The normalized spacial score (nSPS) is 12.9. The van der Waals surface area contributed by atoms with Gasteiger partial charge in [-0.2, -0.15) is 0 Å². The van der Waals surface area contributed by atoms with Gasteiger partial charge in [-0.05, 0) is 98.6 Å². The van der Waals surface area contributed by atoms with Crippen LogP contribution in [0.25, 0.3) is 66.4 Å². The van der Waals surface area contributed by atoms with Gasteiger partial charge in [0.15, 0.2) is 0 Å². The molecule has 0 spiro atoms. The van der Waals surface area contributed by atoms with Gasteiger partial charge in [0.25, 0.3) is 0 Å². The third-order valence-electron chi connectivity index (χ3n) is 11.1. The van der Waals surface area contributed by atoms with Crippen LogP contribution in [-0.4, -0.2) is 0 Å². The van der Waals surface area contributed by atoms with E-state index < -0.39 is 0 Å². The molecule has 252 valence electrons. The number of benzene rings is 8. The number of nitrogens with zero attached hydrogens (tertiary/aromatic N) is 1. The Balaban J connectivity index is 1.12. The van der Waals surface area contributed by atoms with Crippen LogP contribution in [0.15, 0.2) is 192 Å². The van der Waals surface area contributed by atoms with E-state index in [2.05, 4.69) is 207 Å². The van der Waals surface area contributed by atoms with Crippen molar-refractivity contribution in [1.82, 2.24) is 0 Å². The predicted molar refractivity (Wildman–Crippen MR) is 222 cm³/mol. The minimum absolute atomic E-state index is 0.213. The summed E-state index contributed by atoms with van der Waals surface area (Å²) in [4.78, 5) is 2.38. The van der Waals surface area contributed by atoms with E-state index in [9.17, 15) is 0 Å². The Hall–Kier alpha value is -6.64. The molecule has 0 unspecified atom stereocenters.